The molecule has 3 nitrogen and oxygen atoms in total. The van der Waals surface area contributed by atoms with E-state index in [1.807, 2.05) is 11.0 Å². The van der Waals surface area contributed by atoms with E-state index in [0.717, 1.165) is 31.3 Å². The summed E-state index contributed by atoms with van der Waals surface area (Å²) < 4.78 is 0. The van der Waals surface area contributed by atoms with E-state index >= 15 is 0 Å². The standard InChI is InChI=1S/C12H18N2O/c1-9-6-10-3-5-14(8-11(10)7-9)12(15)2-4-13/h9-11H,2-3,5-8H2,1H3. The van der Waals surface area contributed by atoms with Gasteiger partial charge in [0.2, 0.25) is 5.91 Å². The second-order valence-electron chi connectivity index (χ2n) is 5.06. The van der Waals surface area contributed by atoms with Gasteiger partial charge >= 0.3 is 0 Å². The van der Waals surface area contributed by atoms with Crippen LogP contribution >= 0.6 is 0 Å². The van der Waals surface area contributed by atoms with Crippen LogP contribution < -0.4 is 0 Å². The molecule has 3 atom stereocenters. The van der Waals surface area contributed by atoms with Crippen molar-refractivity contribution in [2.45, 2.75) is 32.6 Å². The van der Waals surface area contributed by atoms with Crippen molar-refractivity contribution in [2.75, 3.05) is 13.1 Å². The number of hydrogen-bond donors (Lipinski definition) is 0. The van der Waals surface area contributed by atoms with Crippen molar-refractivity contribution in [3.05, 3.63) is 0 Å². The van der Waals surface area contributed by atoms with E-state index in [1.165, 1.54) is 12.8 Å². The quantitative estimate of drug-likeness (QED) is 0.656. The average Bonchev–Trinajstić information content (AvgIpc) is 2.57. The first-order valence-electron chi connectivity index (χ1n) is 5.85. The maximum Gasteiger partial charge on any atom is 0.236 e. The first kappa shape index (κ1) is 10.5. The minimum absolute atomic E-state index is 0.0236. The highest BCUT2D eigenvalue weighted by molar-refractivity contribution is 5.78. The van der Waals surface area contributed by atoms with Crippen LogP contribution in [0.15, 0.2) is 0 Å². The summed E-state index contributed by atoms with van der Waals surface area (Å²) in [4.78, 5) is 13.5. The highest BCUT2D eigenvalue weighted by Gasteiger charge is 2.37. The highest BCUT2D eigenvalue weighted by Crippen LogP contribution is 2.41. The normalized spacial score (nSPS) is 34.7. The first-order chi connectivity index (χ1) is 7.20. The van der Waals surface area contributed by atoms with Crippen LogP contribution in [0.4, 0.5) is 0 Å². The fraction of sp³-hybridized carbons (Fsp3) is 0.833. The molecule has 0 bridgehead atoms. The number of nitrogens with zero attached hydrogens (tertiary/aromatic N) is 2. The molecule has 2 rings (SSSR count). The molecule has 82 valence electrons. The minimum atomic E-state index is 0.0236. The van der Waals surface area contributed by atoms with Gasteiger partial charge in [0.1, 0.15) is 6.42 Å². The van der Waals surface area contributed by atoms with E-state index in [2.05, 4.69) is 6.92 Å². The zero-order valence-corrected chi connectivity index (χ0v) is 9.28. The number of carbonyl (C=O) groups is 1. The molecule has 1 aliphatic carbocycles. The molecule has 1 aliphatic heterocycles. The molecule has 1 saturated heterocycles. The zero-order valence-electron chi connectivity index (χ0n) is 9.28. The van der Waals surface area contributed by atoms with E-state index in [4.69, 9.17) is 5.26 Å². The van der Waals surface area contributed by atoms with Crippen LogP contribution in [-0.4, -0.2) is 23.9 Å². The third kappa shape index (κ3) is 2.14. The van der Waals surface area contributed by atoms with Gasteiger partial charge in [-0.1, -0.05) is 6.92 Å². The average molecular weight is 206 g/mol. The van der Waals surface area contributed by atoms with E-state index < -0.39 is 0 Å². The Morgan fingerprint density at radius 3 is 2.93 bits per heavy atom. The lowest BCUT2D eigenvalue weighted by molar-refractivity contribution is -0.132. The van der Waals surface area contributed by atoms with Gasteiger partial charge in [-0.3, -0.25) is 4.79 Å². The lowest BCUT2D eigenvalue weighted by atomic mass is 9.88. The molecule has 15 heavy (non-hydrogen) atoms. The second-order valence-corrected chi connectivity index (χ2v) is 5.06. The van der Waals surface area contributed by atoms with Gasteiger partial charge in [-0.05, 0) is 37.0 Å². The van der Waals surface area contributed by atoms with Crippen LogP contribution in [-0.2, 0) is 4.79 Å². The van der Waals surface area contributed by atoms with Gasteiger partial charge in [0.15, 0.2) is 0 Å². The number of likely N-dealkylation sites (tertiary alicyclic amines) is 1. The summed E-state index contributed by atoms with van der Waals surface area (Å²) in [7, 11) is 0. The molecule has 2 aliphatic rings. The number of fused-ring (bicyclic) bond motifs is 1. The Bertz CT molecular complexity index is 294. The number of hydrogen-bond acceptors (Lipinski definition) is 2. The predicted molar refractivity (Wildman–Crippen MR) is 56.8 cm³/mol. The maximum atomic E-state index is 11.6. The fourth-order valence-electron chi connectivity index (χ4n) is 3.19. The van der Waals surface area contributed by atoms with Crippen LogP contribution in [0.2, 0.25) is 0 Å². The van der Waals surface area contributed by atoms with Crippen molar-refractivity contribution < 1.29 is 4.79 Å². The number of carbonyl (C=O) groups excluding carboxylic acids is 1. The Balaban J connectivity index is 1.92. The van der Waals surface area contributed by atoms with Crippen LogP contribution in [0.1, 0.15) is 32.6 Å². The van der Waals surface area contributed by atoms with Crippen molar-refractivity contribution in [1.82, 2.24) is 4.90 Å². The summed E-state index contributed by atoms with van der Waals surface area (Å²) in [5, 5.41) is 8.50. The third-order valence-electron chi connectivity index (χ3n) is 3.88. The molecule has 3 heteroatoms. The Kier molecular flexibility index (Phi) is 2.95. The molecule has 1 saturated carbocycles. The molecule has 1 heterocycles. The number of piperidine rings is 1. The van der Waals surface area contributed by atoms with Gasteiger partial charge in [0, 0.05) is 13.1 Å². The van der Waals surface area contributed by atoms with Gasteiger partial charge in [-0.2, -0.15) is 5.26 Å². The van der Waals surface area contributed by atoms with Gasteiger partial charge in [0.05, 0.1) is 6.07 Å². The Morgan fingerprint density at radius 2 is 2.20 bits per heavy atom. The van der Waals surface area contributed by atoms with E-state index in [0.29, 0.717) is 5.92 Å². The molecule has 0 aromatic heterocycles. The Morgan fingerprint density at radius 1 is 1.47 bits per heavy atom. The maximum absolute atomic E-state index is 11.6. The van der Waals surface area contributed by atoms with Crippen molar-refractivity contribution in [2.24, 2.45) is 17.8 Å². The monoisotopic (exact) mass is 206 g/mol. The second kappa shape index (κ2) is 4.22. The summed E-state index contributed by atoms with van der Waals surface area (Å²) in [5.74, 6) is 2.39. The smallest absolute Gasteiger partial charge is 0.236 e. The van der Waals surface area contributed by atoms with Crippen LogP contribution in [0.25, 0.3) is 0 Å². The third-order valence-corrected chi connectivity index (χ3v) is 3.88. The van der Waals surface area contributed by atoms with E-state index in [1.54, 1.807) is 0 Å². The van der Waals surface area contributed by atoms with Crippen LogP contribution in [0.5, 0.6) is 0 Å². The first-order valence-corrected chi connectivity index (χ1v) is 5.85. The van der Waals surface area contributed by atoms with Gasteiger partial charge < -0.3 is 4.90 Å². The molecule has 0 radical (unpaired) electrons. The van der Waals surface area contributed by atoms with Crippen molar-refractivity contribution in [1.29, 1.82) is 5.26 Å². The molecule has 0 aromatic rings. The molecular formula is C12H18N2O. The highest BCUT2D eigenvalue weighted by atomic mass is 16.2. The number of amides is 1. The Labute approximate surface area is 91.1 Å². The number of rotatable bonds is 1. The van der Waals surface area contributed by atoms with Gasteiger partial charge in [-0.15, -0.1) is 0 Å². The van der Waals surface area contributed by atoms with Gasteiger partial charge in [-0.25, -0.2) is 0 Å². The van der Waals surface area contributed by atoms with Gasteiger partial charge in [0.25, 0.3) is 0 Å². The van der Waals surface area contributed by atoms with Crippen molar-refractivity contribution in [3.63, 3.8) is 0 Å². The summed E-state index contributed by atoms with van der Waals surface area (Å²) in [6, 6.07) is 1.94. The van der Waals surface area contributed by atoms with Crippen molar-refractivity contribution >= 4 is 5.91 Å². The van der Waals surface area contributed by atoms with E-state index in [-0.39, 0.29) is 12.3 Å². The topological polar surface area (TPSA) is 44.1 Å². The fourth-order valence-corrected chi connectivity index (χ4v) is 3.19. The minimum Gasteiger partial charge on any atom is -0.342 e. The summed E-state index contributed by atoms with van der Waals surface area (Å²) in [6.45, 7) is 4.07. The summed E-state index contributed by atoms with van der Waals surface area (Å²) >= 11 is 0. The van der Waals surface area contributed by atoms with Crippen molar-refractivity contribution in [3.8, 4) is 6.07 Å². The van der Waals surface area contributed by atoms with E-state index in [9.17, 15) is 4.79 Å². The SMILES string of the molecule is CC1CC2CCN(C(=O)CC#N)CC2C1. The van der Waals surface area contributed by atoms with Crippen LogP contribution in [0.3, 0.4) is 0 Å². The predicted octanol–water partition coefficient (Wildman–Crippen LogP) is 1.79. The molecule has 0 aromatic carbocycles. The lowest BCUT2D eigenvalue weighted by Crippen LogP contribution is -2.42. The zero-order chi connectivity index (χ0) is 10.8. The van der Waals surface area contributed by atoms with Crippen LogP contribution in [0, 0.1) is 29.1 Å². The summed E-state index contributed by atoms with van der Waals surface area (Å²) in [5.41, 5.74) is 0. The molecule has 0 spiro atoms. The molecule has 1 amide bonds. The lowest BCUT2D eigenvalue weighted by Gasteiger charge is -2.34. The largest absolute Gasteiger partial charge is 0.342 e. The molecule has 2 fully saturated rings. The Hall–Kier alpha value is -1.04. The molecule has 3 unspecified atom stereocenters. The molecular weight excluding hydrogens is 188 g/mol. The summed E-state index contributed by atoms with van der Waals surface area (Å²) in [6.07, 6.45) is 3.80. The molecule has 0 N–H and O–H groups in total. The number of nitriles is 1.